The van der Waals surface area contributed by atoms with Crippen LogP contribution in [0.2, 0.25) is 0 Å². The number of esters is 1. The lowest BCUT2D eigenvalue weighted by Gasteiger charge is -2.11. The minimum absolute atomic E-state index is 0.0378. The summed E-state index contributed by atoms with van der Waals surface area (Å²) in [7, 11) is -2.37. The first-order valence-electron chi connectivity index (χ1n) is 8.18. The van der Waals surface area contributed by atoms with E-state index in [-0.39, 0.29) is 10.6 Å². The Balaban J connectivity index is 2.55. The average molecular weight is 464 g/mol. The summed E-state index contributed by atoms with van der Waals surface area (Å²) in [5, 5.41) is -0.898. The molecule has 0 aliphatic carbocycles. The highest BCUT2D eigenvalue weighted by Crippen LogP contribution is 2.29. The van der Waals surface area contributed by atoms with Gasteiger partial charge in [0.2, 0.25) is 0 Å². The second-order valence-electron chi connectivity index (χ2n) is 6.05. The number of aromatic amines is 1. The van der Waals surface area contributed by atoms with Crippen molar-refractivity contribution in [1.29, 1.82) is 0 Å². The zero-order valence-corrected chi connectivity index (χ0v) is 17.3. The SMILES string of the molecule is COC(=O)CN=C(/C(Cl)=C(\N)C(F)(F)F)c1ccc(-c2cccc(S(C)(=O)=O)c2)[nH]1. The van der Waals surface area contributed by atoms with Gasteiger partial charge in [-0.1, -0.05) is 23.7 Å². The molecule has 0 aliphatic heterocycles. The average Bonchev–Trinajstić information content (AvgIpc) is 3.15. The van der Waals surface area contributed by atoms with Gasteiger partial charge in [-0.05, 0) is 29.8 Å². The van der Waals surface area contributed by atoms with Crippen LogP contribution in [-0.2, 0) is 19.4 Å². The molecule has 0 spiro atoms. The van der Waals surface area contributed by atoms with Gasteiger partial charge in [0.15, 0.2) is 9.84 Å². The molecule has 0 bridgehead atoms. The van der Waals surface area contributed by atoms with Crippen molar-refractivity contribution in [1.82, 2.24) is 4.98 Å². The first-order chi connectivity index (χ1) is 13.8. The monoisotopic (exact) mass is 463 g/mol. The standard InChI is InChI=1S/C18H17ClF3N3O4S/c1-29-14(26)9-24-16(15(19)17(23)18(20,21)22)13-7-6-12(25-13)10-4-3-5-11(8-10)30(2,27)28/h3-8,25H,9,23H2,1-2H3/b17-15+,24-16?. The zero-order chi connectivity index (χ0) is 22.7. The molecule has 0 fully saturated rings. The van der Waals surface area contributed by atoms with Crippen LogP contribution < -0.4 is 5.73 Å². The lowest BCUT2D eigenvalue weighted by atomic mass is 10.2. The molecule has 30 heavy (non-hydrogen) atoms. The van der Waals surface area contributed by atoms with Crippen LogP contribution in [0.5, 0.6) is 0 Å². The van der Waals surface area contributed by atoms with Gasteiger partial charge in [0.1, 0.15) is 18.0 Å². The molecular formula is C18H17ClF3N3O4S. The molecular weight excluding hydrogens is 447 g/mol. The Morgan fingerprint density at radius 2 is 1.93 bits per heavy atom. The van der Waals surface area contributed by atoms with Gasteiger partial charge < -0.3 is 15.5 Å². The number of allylic oxidation sites excluding steroid dienone is 2. The molecule has 1 aromatic carbocycles. The largest absolute Gasteiger partial charge is 0.468 e. The number of sulfone groups is 1. The number of carbonyl (C=O) groups is 1. The van der Waals surface area contributed by atoms with Crippen LogP contribution in [0, 0.1) is 0 Å². The summed E-state index contributed by atoms with van der Waals surface area (Å²) in [6.45, 7) is -0.592. The van der Waals surface area contributed by atoms with Gasteiger partial charge in [-0.25, -0.2) is 8.42 Å². The van der Waals surface area contributed by atoms with Crippen molar-refractivity contribution in [3.63, 3.8) is 0 Å². The fraction of sp³-hybridized carbons (Fsp3) is 0.222. The summed E-state index contributed by atoms with van der Waals surface area (Å²) in [5.41, 5.74) is 4.00. The first-order valence-corrected chi connectivity index (χ1v) is 10.5. The van der Waals surface area contributed by atoms with Gasteiger partial charge in [0.25, 0.3) is 0 Å². The van der Waals surface area contributed by atoms with Gasteiger partial charge in [-0.3, -0.25) is 9.79 Å². The third kappa shape index (κ3) is 5.63. The summed E-state index contributed by atoms with van der Waals surface area (Å²) in [5.74, 6) is -0.796. The Morgan fingerprint density at radius 1 is 1.27 bits per heavy atom. The van der Waals surface area contributed by atoms with Gasteiger partial charge in [-0.2, -0.15) is 13.2 Å². The molecule has 0 atom stereocenters. The predicted molar refractivity (Wildman–Crippen MR) is 106 cm³/mol. The summed E-state index contributed by atoms with van der Waals surface area (Å²) in [4.78, 5) is 18.1. The molecule has 0 aliphatic rings. The van der Waals surface area contributed by atoms with Crippen molar-refractivity contribution in [2.24, 2.45) is 10.7 Å². The molecule has 162 valence electrons. The summed E-state index contributed by atoms with van der Waals surface area (Å²) < 4.78 is 66.9. The third-order valence-corrected chi connectivity index (χ3v) is 5.35. The van der Waals surface area contributed by atoms with Crippen LogP contribution in [0.1, 0.15) is 5.69 Å². The molecule has 2 rings (SSSR count). The lowest BCUT2D eigenvalue weighted by Crippen LogP contribution is -2.24. The van der Waals surface area contributed by atoms with Gasteiger partial charge in [0.05, 0.1) is 22.7 Å². The molecule has 2 aromatic rings. The van der Waals surface area contributed by atoms with E-state index in [1.807, 2.05) is 0 Å². The van der Waals surface area contributed by atoms with Crippen molar-refractivity contribution in [2.45, 2.75) is 11.1 Å². The number of carbonyl (C=O) groups excluding carboxylic acids is 1. The minimum Gasteiger partial charge on any atom is -0.468 e. The first kappa shape index (κ1) is 23.5. The maximum absolute atomic E-state index is 13.0. The van der Waals surface area contributed by atoms with E-state index in [1.54, 1.807) is 6.07 Å². The summed E-state index contributed by atoms with van der Waals surface area (Å²) in [6.07, 6.45) is -3.86. The quantitative estimate of drug-likeness (QED) is 0.505. The molecule has 7 nitrogen and oxygen atoms in total. The lowest BCUT2D eigenvalue weighted by molar-refractivity contribution is -0.138. The molecule has 0 unspecified atom stereocenters. The molecule has 0 amide bonds. The van der Waals surface area contributed by atoms with Crippen molar-refractivity contribution in [3.8, 4) is 11.3 Å². The van der Waals surface area contributed by atoms with E-state index in [0.29, 0.717) is 11.3 Å². The molecule has 0 radical (unpaired) electrons. The van der Waals surface area contributed by atoms with Gasteiger partial charge in [-0.15, -0.1) is 0 Å². The van der Waals surface area contributed by atoms with Crippen LogP contribution in [0.15, 0.2) is 57.0 Å². The number of benzene rings is 1. The summed E-state index contributed by atoms with van der Waals surface area (Å²) in [6, 6.07) is 8.82. The van der Waals surface area contributed by atoms with E-state index >= 15 is 0 Å². The van der Waals surface area contributed by atoms with Crippen molar-refractivity contribution < 1.29 is 31.1 Å². The van der Waals surface area contributed by atoms with E-state index in [2.05, 4.69) is 14.7 Å². The number of nitrogens with one attached hydrogen (secondary N) is 1. The number of rotatable bonds is 6. The normalized spacial score (nSPS) is 13.7. The number of ether oxygens (including phenoxy) is 1. The number of methoxy groups -OCH3 is 1. The number of aliphatic imine (C=N–C) groups is 1. The number of alkyl halides is 3. The molecule has 3 N–H and O–H groups in total. The molecule has 1 heterocycles. The van der Waals surface area contributed by atoms with Crippen LogP contribution in [0.3, 0.4) is 0 Å². The van der Waals surface area contributed by atoms with Gasteiger partial charge >= 0.3 is 12.1 Å². The second-order valence-corrected chi connectivity index (χ2v) is 8.45. The van der Waals surface area contributed by atoms with Crippen molar-refractivity contribution in [2.75, 3.05) is 19.9 Å². The Hall–Kier alpha value is -2.79. The molecule has 0 saturated heterocycles. The fourth-order valence-corrected chi connectivity index (χ4v) is 3.26. The molecule has 1 aromatic heterocycles. The third-order valence-electron chi connectivity index (χ3n) is 3.86. The Morgan fingerprint density at radius 3 is 2.50 bits per heavy atom. The fourth-order valence-electron chi connectivity index (χ4n) is 2.33. The number of H-pyrrole nitrogens is 1. The van der Waals surface area contributed by atoms with Crippen LogP contribution >= 0.6 is 11.6 Å². The van der Waals surface area contributed by atoms with Crippen LogP contribution in [-0.4, -0.2) is 51.2 Å². The maximum Gasteiger partial charge on any atom is 0.432 e. The molecule has 0 saturated carbocycles. The maximum atomic E-state index is 13.0. The van der Waals surface area contributed by atoms with Crippen molar-refractivity contribution >= 4 is 33.1 Å². The number of hydrogen-bond donors (Lipinski definition) is 2. The number of halogens is 4. The van der Waals surface area contributed by atoms with E-state index in [1.165, 1.54) is 30.3 Å². The predicted octanol–water partition coefficient (Wildman–Crippen LogP) is 3.02. The highest BCUT2D eigenvalue weighted by Gasteiger charge is 2.35. The van der Waals surface area contributed by atoms with E-state index in [4.69, 9.17) is 17.3 Å². The van der Waals surface area contributed by atoms with Crippen LogP contribution in [0.25, 0.3) is 11.3 Å². The number of aromatic nitrogens is 1. The smallest absolute Gasteiger partial charge is 0.432 e. The number of nitrogens with zero attached hydrogens (tertiary/aromatic N) is 1. The van der Waals surface area contributed by atoms with Gasteiger partial charge in [0, 0.05) is 11.9 Å². The second kappa shape index (κ2) is 8.92. The van der Waals surface area contributed by atoms with E-state index in [0.717, 1.165) is 13.4 Å². The highest BCUT2D eigenvalue weighted by atomic mass is 35.5. The Kier molecular flexibility index (Phi) is 6.99. The summed E-state index contributed by atoms with van der Waals surface area (Å²) >= 11 is 5.84. The Labute approximate surface area is 175 Å². The number of nitrogens with two attached hydrogens (primary N) is 1. The highest BCUT2D eigenvalue weighted by molar-refractivity contribution is 7.90. The van der Waals surface area contributed by atoms with E-state index < -0.39 is 45.0 Å². The van der Waals surface area contributed by atoms with Crippen LogP contribution in [0.4, 0.5) is 13.2 Å². The zero-order valence-electron chi connectivity index (χ0n) is 15.7. The van der Waals surface area contributed by atoms with E-state index in [9.17, 15) is 26.4 Å². The van der Waals surface area contributed by atoms with Crippen molar-refractivity contribution in [3.05, 3.63) is 52.8 Å². The molecule has 12 heteroatoms. The Bertz CT molecular complexity index is 1120. The minimum atomic E-state index is -4.91. The topological polar surface area (TPSA) is 115 Å². The number of hydrogen-bond acceptors (Lipinski definition) is 6.